The number of hydrogen-bond acceptors (Lipinski definition) is 4. The second-order valence-corrected chi connectivity index (χ2v) is 10.1. The first-order valence-corrected chi connectivity index (χ1v) is 10.8. The number of hydrogen-bond donors (Lipinski definition) is 1. The van der Waals surface area contributed by atoms with Crippen molar-refractivity contribution in [1.29, 1.82) is 0 Å². The molecule has 0 spiro atoms. The molecule has 3 atom stereocenters. The lowest BCUT2D eigenvalue weighted by atomic mass is 9.97. The second kappa shape index (κ2) is 5.30. The molecule has 0 unspecified atom stereocenters. The summed E-state index contributed by atoms with van der Waals surface area (Å²) in [6.45, 7) is 2.23. The maximum Gasteiger partial charge on any atom is 0.154 e. The van der Waals surface area contributed by atoms with E-state index < -0.39 is 9.84 Å². The SMILES string of the molecule is C[C@@H]1C[C@H](CS(=O)(=O)C2CC2)C[C@@H]1c1ncc2cnc3[nH]ccc3n12. The van der Waals surface area contributed by atoms with Crippen LogP contribution in [0.4, 0.5) is 0 Å². The lowest BCUT2D eigenvalue weighted by molar-refractivity contribution is 0.506. The van der Waals surface area contributed by atoms with E-state index in [2.05, 4.69) is 21.3 Å². The number of H-pyrrole nitrogens is 1. The molecule has 1 N–H and O–H groups in total. The number of sulfone groups is 1. The lowest BCUT2D eigenvalue weighted by Gasteiger charge is -2.14. The summed E-state index contributed by atoms with van der Waals surface area (Å²) in [6.07, 6.45) is 9.19. The van der Waals surface area contributed by atoms with Crippen molar-refractivity contribution in [3.05, 3.63) is 30.5 Å². The van der Waals surface area contributed by atoms with E-state index >= 15 is 0 Å². The predicted octanol–water partition coefficient (Wildman–Crippen LogP) is 2.92. The van der Waals surface area contributed by atoms with Crippen molar-refractivity contribution >= 4 is 26.5 Å². The van der Waals surface area contributed by atoms with Crippen LogP contribution in [-0.4, -0.2) is 38.8 Å². The molecule has 2 aliphatic carbocycles. The molecule has 0 radical (unpaired) electrons. The van der Waals surface area contributed by atoms with Crippen LogP contribution in [-0.2, 0) is 9.84 Å². The summed E-state index contributed by atoms with van der Waals surface area (Å²) in [5.41, 5.74) is 2.87. The first kappa shape index (κ1) is 15.4. The molecule has 7 heteroatoms. The van der Waals surface area contributed by atoms with Gasteiger partial charge in [-0.3, -0.25) is 4.40 Å². The van der Waals surface area contributed by atoms with Gasteiger partial charge in [0, 0.05) is 12.1 Å². The molecule has 0 aliphatic heterocycles. The molecule has 25 heavy (non-hydrogen) atoms. The van der Waals surface area contributed by atoms with Crippen molar-refractivity contribution in [2.45, 2.75) is 43.8 Å². The van der Waals surface area contributed by atoms with Crippen molar-refractivity contribution in [3.63, 3.8) is 0 Å². The minimum atomic E-state index is -2.90. The highest BCUT2D eigenvalue weighted by atomic mass is 32.2. The van der Waals surface area contributed by atoms with E-state index in [1.165, 1.54) is 0 Å². The van der Waals surface area contributed by atoms with Crippen molar-refractivity contribution < 1.29 is 8.42 Å². The van der Waals surface area contributed by atoms with E-state index in [1.807, 2.05) is 24.7 Å². The van der Waals surface area contributed by atoms with Crippen LogP contribution in [0.2, 0.25) is 0 Å². The zero-order chi connectivity index (χ0) is 17.2. The topological polar surface area (TPSA) is 80.1 Å². The Kier molecular flexibility index (Phi) is 3.26. The van der Waals surface area contributed by atoms with Crippen LogP contribution in [0.15, 0.2) is 24.7 Å². The fraction of sp³-hybridized carbons (Fsp3) is 0.556. The summed E-state index contributed by atoms with van der Waals surface area (Å²) >= 11 is 0. The smallest absolute Gasteiger partial charge is 0.154 e. The number of imidazole rings is 1. The summed E-state index contributed by atoms with van der Waals surface area (Å²) in [6, 6.07) is 2.02. The molecule has 5 rings (SSSR count). The Hall–Kier alpha value is -1.89. The molecule has 2 aliphatic rings. The molecule has 3 heterocycles. The van der Waals surface area contributed by atoms with E-state index in [1.54, 1.807) is 0 Å². The van der Waals surface area contributed by atoms with Crippen molar-refractivity contribution in [2.75, 3.05) is 5.75 Å². The maximum absolute atomic E-state index is 12.4. The number of fused-ring (bicyclic) bond motifs is 3. The van der Waals surface area contributed by atoms with Crippen LogP contribution >= 0.6 is 0 Å². The Morgan fingerprint density at radius 1 is 1.24 bits per heavy atom. The van der Waals surface area contributed by atoms with Crippen molar-refractivity contribution in [2.24, 2.45) is 11.8 Å². The number of rotatable bonds is 4. The van der Waals surface area contributed by atoms with Gasteiger partial charge in [0.15, 0.2) is 15.5 Å². The number of aromatic amines is 1. The summed E-state index contributed by atoms with van der Waals surface area (Å²) in [5.74, 6) is 2.38. The third-order valence-electron chi connectivity index (χ3n) is 5.90. The molecule has 0 bridgehead atoms. The normalized spacial score (nSPS) is 27.5. The largest absolute Gasteiger partial charge is 0.345 e. The molecule has 3 aromatic rings. The van der Waals surface area contributed by atoms with Crippen molar-refractivity contribution in [1.82, 2.24) is 19.4 Å². The van der Waals surface area contributed by atoms with E-state index in [0.717, 1.165) is 48.2 Å². The molecule has 0 aromatic carbocycles. The fourth-order valence-electron chi connectivity index (χ4n) is 4.53. The first-order chi connectivity index (χ1) is 12.0. The Bertz CT molecular complexity index is 1050. The van der Waals surface area contributed by atoms with Gasteiger partial charge >= 0.3 is 0 Å². The second-order valence-electron chi connectivity index (χ2n) is 7.80. The van der Waals surface area contributed by atoms with Gasteiger partial charge in [0.1, 0.15) is 5.82 Å². The minimum absolute atomic E-state index is 0.0559. The summed E-state index contributed by atoms with van der Waals surface area (Å²) < 4.78 is 26.9. The highest BCUT2D eigenvalue weighted by Gasteiger charge is 2.41. The Labute approximate surface area is 146 Å². The average Bonchev–Trinajstić information content (AvgIpc) is 3.03. The van der Waals surface area contributed by atoms with Gasteiger partial charge in [0.25, 0.3) is 0 Å². The van der Waals surface area contributed by atoms with Gasteiger partial charge in [-0.05, 0) is 43.6 Å². The molecule has 0 amide bonds. The summed E-state index contributed by atoms with van der Waals surface area (Å²) in [5, 5.41) is -0.0559. The van der Waals surface area contributed by atoms with E-state index in [9.17, 15) is 8.42 Å². The van der Waals surface area contributed by atoms with Crippen LogP contribution in [0, 0.1) is 11.8 Å². The molecular weight excluding hydrogens is 336 g/mol. The number of nitrogens with zero attached hydrogens (tertiary/aromatic N) is 3. The molecule has 132 valence electrons. The molecule has 2 fully saturated rings. The zero-order valence-corrected chi connectivity index (χ0v) is 15.0. The van der Waals surface area contributed by atoms with Gasteiger partial charge in [0.05, 0.1) is 34.4 Å². The molecule has 2 saturated carbocycles. The van der Waals surface area contributed by atoms with Crippen LogP contribution in [0.25, 0.3) is 16.7 Å². The van der Waals surface area contributed by atoms with Crippen LogP contribution < -0.4 is 0 Å². The third kappa shape index (κ3) is 2.47. The standard InChI is InChI=1S/C18H22N4O2S/c1-11-6-12(10-25(23,24)14-2-3-14)7-15(11)18-21-9-13-8-20-17-16(22(13)18)4-5-19-17/h4-5,8-9,11-12,14-15,19H,2-3,6-7,10H2,1H3/t11-,12+,15+/m1/s1. The van der Waals surface area contributed by atoms with Gasteiger partial charge < -0.3 is 4.98 Å². The zero-order valence-electron chi connectivity index (χ0n) is 14.2. The molecule has 3 aromatic heterocycles. The van der Waals surface area contributed by atoms with Crippen LogP contribution in [0.3, 0.4) is 0 Å². The Morgan fingerprint density at radius 3 is 2.84 bits per heavy atom. The third-order valence-corrected chi connectivity index (χ3v) is 8.32. The quantitative estimate of drug-likeness (QED) is 0.778. The number of nitrogens with one attached hydrogen (secondary N) is 1. The molecule has 6 nitrogen and oxygen atoms in total. The summed E-state index contributed by atoms with van der Waals surface area (Å²) in [7, 11) is -2.90. The Morgan fingerprint density at radius 2 is 2.04 bits per heavy atom. The Balaban J connectivity index is 1.49. The fourth-order valence-corrected chi connectivity index (χ4v) is 6.58. The van der Waals surface area contributed by atoms with Gasteiger partial charge in [0.2, 0.25) is 0 Å². The van der Waals surface area contributed by atoms with E-state index in [0.29, 0.717) is 17.6 Å². The lowest BCUT2D eigenvalue weighted by Crippen LogP contribution is -2.18. The average molecular weight is 358 g/mol. The highest BCUT2D eigenvalue weighted by Crippen LogP contribution is 2.44. The minimum Gasteiger partial charge on any atom is -0.345 e. The van der Waals surface area contributed by atoms with Crippen LogP contribution in [0.5, 0.6) is 0 Å². The molecule has 0 saturated heterocycles. The van der Waals surface area contributed by atoms with Gasteiger partial charge in [-0.1, -0.05) is 6.92 Å². The predicted molar refractivity (Wildman–Crippen MR) is 96.3 cm³/mol. The monoisotopic (exact) mass is 358 g/mol. The van der Waals surface area contributed by atoms with Crippen LogP contribution in [0.1, 0.15) is 44.3 Å². The summed E-state index contributed by atoms with van der Waals surface area (Å²) in [4.78, 5) is 12.3. The first-order valence-electron chi connectivity index (χ1n) is 9.04. The van der Waals surface area contributed by atoms with Gasteiger partial charge in [-0.25, -0.2) is 18.4 Å². The highest BCUT2D eigenvalue weighted by molar-refractivity contribution is 7.92. The van der Waals surface area contributed by atoms with E-state index in [-0.39, 0.29) is 11.2 Å². The van der Waals surface area contributed by atoms with Gasteiger partial charge in [-0.15, -0.1) is 0 Å². The van der Waals surface area contributed by atoms with Crippen molar-refractivity contribution in [3.8, 4) is 0 Å². The van der Waals surface area contributed by atoms with Gasteiger partial charge in [-0.2, -0.15) is 0 Å². The molecular formula is C18H22N4O2S. The maximum atomic E-state index is 12.4. The van der Waals surface area contributed by atoms with E-state index in [4.69, 9.17) is 4.98 Å². The number of aromatic nitrogens is 4.